The minimum atomic E-state index is -1.50. The molecule has 2 unspecified atom stereocenters. The number of halogens is 1. The van der Waals surface area contributed by atoms with Gasteiger partial charge in [0.15, 0.2) is 23.0 Å². The van der Waals surface area contributed by atoms with Gasteiger partial charge in [0, 0.05) is 29.6 Å². The Labute approximate surface area is 238 Å². The third-order valence-electron chi connectivity index (χ3n) is 4.96. The molecule has 0 amide bonds. The number of nitriles is 1. The van der Waals surface area contributed by atoms with E-state index in [9.17, 15) is 4.79 Å². The second-order valence-electron chi connectivity index (χ2n) is 8.61. The summed E-state index contributed by atoms with van der Waals surface area (Å²) in [7, 11) is -1.50. The Balaban J connectivity index is 2.08. The van der Waals surface area contributed by atoms with E-state index in [1.54, 1.807) is 41.2 Å². The smallest absolute Gasteiger partial charge is 0.336 e. The molecule has 2 atom stereocenters. The predicted octanol–water partition coefficient (Wildman–Crippen LogP) is 5.16. The standard InChI is InChI=1S/C25H36IN2O9P/c1-19(2)28(20(3)4)38(34-11-5-10-27)36-23(17-31-13-12-30-14-15-33-37-26)18-32-22-8-6-21-7-9-25(29)35-24(21)16-22/h6-9,16,19-20,23H,5,11-15,17-18H2,1-4H3. The molecule has 2 rings (SSSR count). The highest BCUT2D eigenvalue weighted by Gasteiger charge is 2.30. The van der Waals surface area contributed by atoms with Crippen LogP contribution in [-0.4, -0.2) is 69.1 Å². The Kier molecular flexibility index (Phi) is 16.2. The molecule has 0 bridgehead atoms. The molecule has 1 heterocycles. The van der Waals surface area contributed by atoms with Crippen molar-refractivity contribution in [1.82, 2.24) is 4.67 Å². The van der Waals surface area contributed by atoms with Crippen LogP contribution in [0.4, 0.5) is 0 Å². The lowest BCUT2D eigenvalue weighted by Gasteiger charge is -2.37. The van der Waals surface area contributed by atoms with Gasteiger partial charge < -0.3 is 27.7 Å². The van der Waals surface area contributed by atoms with Crippen molar-refractivity contribution in [2.75, 3.05) is 46.2 Å². The lowest BCUT2D eigenvalue weighted by molar-refractivity contribution is -0.178. The molecule has 13 heteroatoms. The molecule has 1 aromatic carbocycles. The van der Waals surface area contributed by atoms with E-state index in [1.807, 2.05) is 6.07 Å². The van der Waals surface area contributed by atoms with E-state index in [4.69, 9.17) is 37.8 Å². The van der Waals surface area contributed by atoms with Crippen molar-refractivity contribution in [3.63, 3.8) is 0 Å². The second kappa shape index (κ2) is 18.8. The molecule has 0 spiro atoms. The molecule has 0 aliphatic rings. The molecule has 0 aliphatic heterocycles. The average molecular weight is 666 g/mol. The van der Waals surface area contributed by atoms with Crippen LogP contribution >= 0.6 is 31.5 Å². The van der Waals surface area contributed by atoms with Crippen LogP contribution in [-0.2, 0) is 26.6 Å². The lowest BCUT2D eigenvalue weighted by Crippen LogP contribution is -2.36. The summed E-state index contributed by atoms with van der Waals surface area (Å²) < 4.78 is 41.7. The van der Waals surface area contributed by atoms with Crippen LogP contribution < -0.4 is 10.4 Å². The number of nitrogens with zero attached hydrogens (tertiary/aromatic N) is 2. The van der Waals surface area contributed by atoms with Crippen LogP contribution in [0.1, 0.15) is 34.1 Å². The first-order chi connectivity index (χ1) is 18.3. The van der Waals surface area contributed by atoms with Gasteiger partial charge in [0.1, 0.15) is 30.7 Å². The van der Waals surface area contributed by atoms with Crippen LogP contribution in [0.3, 0.4) is 0 Å². The number of rotatable bonds is 20. The molecule has 2 aromatic rings. The zero-order valence-electron chi connectivity index (χ0n) is 22.2. The summed E-state index contributed by atoms with van der Waals surface area (Å²) >= 11 is 1.64. The summed E-state index contributed by atoms with van der Waals surface area (Å²) in [5.41, 5.74) is 0.00757. The van der Waals surface area contributed by atoms with Crippen molar-refractivity contribution in [1.29, 1.82) is 5.26 Å². The first-order valence-electron chi connectivity index (χ1n) is 12.3. The Morgan fingerprint density at radius 1 is 1.00 bits per heavy atom. The summed E-state index contributed by atoms with van der Waals surface area (Å²) in [6.45, 7) is 10.3. The van der Waals surface area contributed by atoms with Crippen molar-refractivity contribution < 1.29 is 35.8 Å². The van der Waals surface area contributed by atoms with Gasteiger partial charge in [0.05, 0.1) is 45.5 Å². The number of hydrogen-bond donors (Lipinski definition) is 0. The van der Waals surface area contributed by atoms with E-state index in [1.165, 1.54) is 6.07 Å². The molecule has 11 nitrogen and oxygen atoms in total. The van der Waals surface area contributed by atoms with Crippen molar-refractivity contribution in [3.05, 3.63) is 40.8 Å². The largest absolute Gasteiger partial charge is 0.491 e. The minimum Gasteiger partial charge on any atom is -0.491 e. The van der Waals surface area contributed by atoms with E-state index in [2.05, 4.69) is 41.7 Å². The quantitative estimate of drug-likeness (QED) is 0.0465. The Bertz CT molecular complexity index is 1030. The summed E-state index contributed by atoms with van der Waals surface area (Å²) in [4.78, 5) is 16.4. The highest BCUT2D eigenvalue weighted by Crippen LogP contribution is 2.47. The van der Waals surface area contributed by atoms with Gasteiger partial charge in [-0.05, 0) is 45.9 Å². The van der Waals surface area contributed by atoms with E-state index < -0.39 is 20.3 Å². The SMILES string of the molecule is CC(C)N(C(C)C)P(OCCC#N)OC(COCCOCCOOI)COc1ccc2ccc(=O)oc2c1. The monoisotopic (exact) mass is 666 g/mol. The molecule has 38 heavy (non-hydrogen) atoms. The third-order valence-corrected chi connectivity index (χ3v) is 7.40. The highest BCUT2D eigenvalue weighted by molar-refractivity contribution is 14.1. The van der Waals surface area contributed by atoms with Crippen LogP contribution in [0.25, 0.3) is 11.0 Å². The third kappa shape index (κ3) is 12.2. The molecule has 0 saturated heterocycles. The summed E-state index contributed by atoms with van der Waals surface area (Å²) in [6, 6.07) is 10.8. The first kappa shape index (κ1) is 32.8. The number of ether oxygens (including phenoxy) is 3. The molecule has 0 N–H and O–H groups in total. The predicted molar refractivity (Wildman–Crippen MR) is 151 cm³/mol. The van der Waals surface area contributed by atoms with Gasteiger partial charge in [0.25, 0.3) is 8.53 Å². The van der Waals surface area contributed by atoms with Crippen LogP contribution in [0.15, 0.2) is 39.5 Å². The molecule has 0 radical (unpaired) electrons. The van der Waals surface area contributed by atoms with E-state index in [0.717, 1.165) is 5.39 Å². The van der Waals surface area contributed by atoms with Crippen molar-refractivity contribution >= 4 is 42.5 Å². The zero-order valence-corrected chi connectivity index (χ0v) is 25.2. The Morgan fingerprint density at radius 2 is 1.71 bits per heavy atom. The summed E-state index contributed by atoms with van der Waals surface area (Å²) in [5.74, 6) is 0.528. The maximum atomic E-state index is 11.6. The van der Waals surface area contributed by atoms with E-state index in [-0.39, 0.29) is 38.3 Å². The Morgan fingerprint density at radius 3 is 2.42 bits per heavy atom. The van der Waals surface area contributed by atoms with Crippen LogP contribution in [0.2, 0.25) is 0 Å². The summed E-state index contributed by atoms with van der Waals surface area (Å²) in [6.07, 6.45) is -0.229. The maximum Gasteiger partial charge on any atom is 0.336 e. The van der Waals surface area contributed by atoms with Gasteiger partial charge in [-0.25, -0.2) is 14.4 Å². The van der Waals surface area contributed by atoms with E-state index in [0.29, 0.717) is 37.8 Å². The minimum absolute atomic E-state index is 0.149. The second-order valence-corrected chi connectivity index (χ2v) is 10.4. The Hall–Kier alpha value is -1.40. The fourth-order valence-corrected chi connectivity index (χ4v) is 5.27. The molecule has 212 valence electrons. The fourth-order valence-electron chi connectivity index (χ4n) is 3.41. The molecule has 1 aromatic heterocycles. The van der Waals surface area contributed by atoms with Gasteiger partial charge in [-0.15, -0.1) is 0 Å². The van der Waals surface area contributed by atoms with Crippen molar-refractivity contribution in [2.24, 2.45) is 0 Å². The molecule has 0 saturated carbocycles. The number of hydrogen-bond acceptors (Lipinski definition) is 11. The first-order valence-corrected chi connectivity index (χ1v) is 14.3. The van der Waals surface area contributed by atoms with Gasteiger partial charge in [-0.1, -0.05) is 0 Å². The van der Waals surface area contributed by atoms with Gasteiger partial charge >= 0.3 is 5.63 Å². The fraction of sp³-hybridized carbons (Fsp3) is 0.600. The van der Waals surface area contributed by atoms with Gasteiger partial charge in [0.2, 0.25) is 0 Å². The molecular weight excluding hydrogens is 630 g/mol. The highest BCUT2D eigenvalue weighted by atomic mass is 127. The summed E-state index contributed by atoms with van der Waals surface area (Å²) in [5, 5.41) is 9.78. The number of benzene rings is 1. The van der Waals surface area contributed by atoms with E-state index >= 15 is 0 Å². The van der Waals surface area contributed by atoms with Gasteiger partial charge in [-0.3, -0.25) is 0 Å². The maximum absolute atomic E-state index is 11.6. The molecule has 0 fully saturated rings. The van der Waals surface area contributed by atoms with Crippen molar-refractivity contribution in [2.45, 2.75) is 52.3 Å². The van der Waals surface area contributed by atoms with Crippen LogP contribution in [0.5, 0.6) is 5.75 Å². The lowest BCUT2D eigenvalue weighted by atomic mass is 10.2. The number of fused-ring (bicyclic) bond motifs is 1. The average Bonchev–Trinajstić information content (AvgIpc) is 2.87. The molecule has 0 aliphatic carbocycles. The van der Waals surface area contributed by atoms with Crippen LogP contribution in [0, 0.1) is 11.3 Å². The molecular formula is C25H36IN2O9P. The van der Waals surface area contributed by atoms with Gasteiger partial charge in [-0.2, -0.15) is 8.48 Å². The normalized spacial score (nSPS) is 13.3. The topological polar surface area (TPSA) is 122 Å². The zero-order chi connectivity index (χ0) is 27.8. The van der Waals surface area contributed by atoms with Crippen molar-refractivity contribution in [3.8, 4) is 11.8 Å².